The minimum Gasteiger partial charge on any atom is -0.497 e. The number of aromatic amines is 1. The molecule has 1 atom stereocenters. The lowest BCUT2D eigenvalue weighted by molar-refractivity contribution is 0.414. The quantitative estimate of drug-likeness (QED) is 0.672. The van der Waals surface area contributed by atoms with Gasteiger partial charge in [-0.15, -0.1) is 11.3 Å². The lowest BCUT2D eigenvalue weighted by Gasteiger charge is -2.14. The maximum Gasteiger partial charge on any atom is 0.264 e. The Labute approximate surface area is 154 Å². The third kappa shape index (κ3) is 4.01. The average Bonchev–Trinajstić information content (AvgIpc) is 3.13. The Morgan fingerprint density at radius 2 is 1.92 bits per heavy atom. The molecule has 0 aliphatic carbocycles. The van der Waals surface area contributed by atoms with E-state index in [1.165, 1.54) is 12.1 Å². The molecular formula is C17H17N3O4S2. The Kier molecular flexibility index (Phi) is 5.21. The molecule has 1 unspecified atom stereocenters. The van der Waals surface area contributed by atoms with Crippen LogP contribution in [0, 0.1) is 0 Å². The Morgan fingerprint density at radius 3 is 2.54 bits per heavy atom. The first-order valence-corrected chi connectivity index (χ1v) is 10.1. The number of benzene rings is 1. The number of rotatable bonds is 6. The van der Waals surface area contributed by atoms with Gasteiger partial charge in [0.05, 0.1) is 12.8 Å². The summed E-state index contributed by atoms with van der Waals surface area (Å²) in [5, 5.41) is 7.93. The van der Waals surface area contributed by atoms with E-state index in [1.54, 1.807) is 37.6 Å². The van der Waals surface area contributed by atoms with E-state index < -0.39 is 16.1 Å². The van der Waals surface area contributed by atoms with E-state index in [9.17, 15) is 13.2 Å². The fraction of sp³-hybridized carbons (Fsp3) is 0.176. The van der Waals surface area contributed by atoms with Gasteiger partial charge in [0.15, 0.2) is 0 Å². The van der Waals surface area contributed by atoms with Crippen LogP contribution in [0.2, 0.25) is 0 Å². The van der Waals surface area contributed by atoms with Crippen LogP contribution in [0.5, 0.6) is 5.75 Å². The fourth-order valence-corrected chi connectivity index (χ4v) is 4.77. The van der Waals surface area contributed by atoms with Crippen molar-refractivity contribution in [1.82, 2.24) is 14.9 Å². The highest BCUT2D eigenvalue weighted by Crippen LogP contribution is 2.28. The first-order valence-electron chi connectivity index (χ1n) is 7.70. The highest BCUT2D eigenvalue weighted by Gasteiger charge is 2.21. The van der Waals surface area contributed by atoms with Crippen molar-refractivity contribution >= 4 is 21.4 Å². The second kappa shape index (κ2) is 7.40. The number of methoxy groups -OCH3 is 1. The second-order valence-electron chi connectivity index (χ2n) is 5.58. The van der Waals surface area contributed by atoms with E-state index in [2.05, 4.69) is 14.9 Å². The van der Waals surface area contributed by atoms with E-state index in [-0.39, 0.29) is 9.77 Å². The molecule has 2 heterocycles. The van der Waals surface area contributed by atoms with Crippen LogP contribution in [0.4, 0.5) is 0 Å². The molecule has 2 N–H and O–H groups in total. The van der Waals surface area contributed by atoms with Gasteiger partial charge >= 0.3 is 0 Å². The summed E-state index contributed by atoms with van der Waals surface area (Å²) in [4.78, 5) is 11.1. The van der Waals surface area contributed by atoms with E-state index >= 15 is 0 Å². The number of sulfonamides is 1. The summed E-state index contributed by atoms with van der Waals surface area (Å²) < 4.78 is 33.2. The van der Waals surface area contributed by atoms with E-state index in [0.717, 1.165) is 16.9 Å². The lowest BCUT2D eigenvalue weighted by Crippen LogP contribution is -2.26. The van der Waals surface area contributed by atoms with Gasteiger partial charge in [0.2, 0.25) is 0 Å². The van der Waals surface area contributed by atoms with E-state index in [0.29, 0.717) is 17.0 Å². The first kappa shape index (κ1) is 18.3. The first-order chi connectivity index (χ1) is 12.4. The van der Waals surface area contributed by atoms with Crippen LogP contribution in [0.25, 0.3) is 11.3 Å². The number of nitrogens with zero attached hydrogens (tertiary/aromatic N) is 1. The van der Waals surface area contributed by atoms with Gasteiger partial charge in [-0.05, 0) is 36.8 Å². The number of ether oxygens (including phenoxy) is 1. The highest BCUT2D eigenvalue weighted by atomic mass is 32.2. The van der Waals surface area contributed by atoms with Crippen LogP contribution >= 0.6 is 11.3 Å². The van der Waals surface area contributed by atoms with Crippen LogP contribution in [0.15, 0.2) is 56.8 Å². The Balaban J connectivity index is 1.79. The zero-order valence-electron chi connectivity index (χ0n) is 14.1. The van der Waals surface area contributed by atoms with Crippen molar-refractivity contribution < 1.29 is 13.2 Å². The Morgan fingerprint density at radius 1 is 1.19 bits per heavy atom. The molecule has 0 saturated carbocycles. The Hall–Kier alpha value is -2.49. The van der Waals surface area contributed by atoms with Gasteiger partial charge in [0, 0.05) is 23.1 Å². The van der Waals surface area contributed by atoms with E-state index in [1.807, 2.05) is 12.1 Å². The molecule has 3 aromatic rings. The second-order valence-corrected chi connectivity index (χ2v) is 8.43. The van der Waals surface area contributed by atoms with Crippen molar-refractivity contribution in [2.75, 3.05) is 7.11 Å². The van der Waals surface area contributed by atoms with Crippen molar-refractivity contribution in [2.45, 2.75) is 17.2 Å². The molecule has 0 bridgehead atoms. The van der Waals surface area contributed by atoms with Gasteiger partial charge < -0.3 is 4.74 Å². The number of hydrogen-bond donors (Lipinski definition) is 2. The molecule has 0 aliphatic heterocycles. The van der Waals surface area contributed by atoms with Gasteiger partial charge in [0.1, 0.15) is 9.96 Å². The molecule has 3 rings (SSSR count). The predicted octanol–water partition coefficient (Wildman–Crippen LogP) is 2.55. The molecule has 0 fully saturated rings. The average molecular weight is 391 g/mol. The highest BCUT2D eigenvalue weighted by molar-refractivity contribution is 7.91. The lowest BCUT2D eigenvalue weighted by atomic mass is 10.1. The summed E-state index contributed by atoms with van der Waals surface area (Å²) in [6.07, 6.45) is 0. The maximum atomic E-state index is 12.6. The smallest absolute Gasteiger partial charge is 0.264 e. The van der Waals surface area contributed by atoms with Gasteiger partial charge in [-0.2, -0.15) is 5.10 Å². The molecule has 136 valence electrons. The molecule has 0 aliphatic rings. The van der Waals surface area contributed by atoms with Gasteiger partial charge in [0.25, 0.3) is 15.6 Å². The molecule has 9 heteroatoms. The van der Waals surface area contributed by atoms with Crippen LogP contribution in [0.1, 0.15) is 18.5 Å². The molecule has 7 nitrogen and oxygen atoms in total. The maximum absolute atomic E-state index is 12.6. The summed E-state index contributed by atoms with van der Waals surface area (Å²) >= 11 is 1.10. The zero-order chi connectivity index (χ0) is 18.7. The van der Waals surface area contributed by atoms with Crippen LogP contribution in [-0.4, -0.2) is 25.7 Å². The van der Waals surface area contributed by atoms with Gasteiger partial charge in [-0.1, -0.05) is 12.1 Å². The standard InChI is InChI=1S/C17H17N3O4S2/c1-11(12-3-5-14(24-2)6-4-12)20-26(22,23)17-9-13(10-25-17)15-7-8-16(21)19-18-15/h3-11,20H,1-2H3,(H,19,21). The van der Waals surface area contributed by atoms with Crippen molar-refractivity contribution in [2.24, 2.45) is 0 Å². The van der Waals surface area contributed by atoms with Crippen molar-refractivity contribution in [1.29, 1.82) is 0 Å². The van der Waals surface area contributed by atoms with Crippen molar-refractivity contribution in [3.05, 3.63) is 63.8 Å². The number of H-pyrrole nitrogens is 1. The summed E-state index contributed by atoms with van der Waals surface area (Å²) in [7, 11) is -2.10. The summed E-state index contributed by atoms with van der Waals surface area (Å²) in [6.45, 7) is 1.78. The van der Waals surface area contributed by atoms with Crippen LogP contribution in [-0.2, 0) is 10.0 Å². The summed E-state index contributed by atoms with van der Waals surface area (Å²) in [5.41, 5.74) is 1.65. The molecular weight excluding hydrogens is 374 g/mol. The minimum absolute atomic E-state index is 0.181. The monoisotopic (exact) mass is 391 g/mol. The molecule has 1 aromatic carbocycles. The summed E-state index contributed by atoms with van der Waals surface area (Å²) in [6, 6.07) is 11.2. The number of aromatic nitrogens is 2. The number of hydrogen-bond acceptors (Lipinski definition) is 6. The molecule has 0 radical (unpaired) electrons. The SMILES string of the molecule is COc1ccc(C(C)NS(=O)(=O)c2cc(-c3ccc(=O)[nH]n3)cs2)cc1. The van der Waals surface area contributed by atoms with Gasteiger partial charge in [-0.25, -0.2) is 18.2 Å². The third-order valence-electron chi connectivity index (χ3n) is 3.76. The van der Waals surface area contributed by atoms with Crippen molar-refractivity contribution in [3.8, 4) is 17.0 Å². The Bertz CT molecular complexity index is 1040. The predicted molar refractivity (Wildman–Crippen MR) is 99.9 cm³/mol. The van der Waals surface area contributed by atoms with Gasteiger partial charge in [-0.3, -0.25) is 4.79 Å². The molecule has 0 spiro atoms. The molecule has 26 heavy (non-hydrogen) atoms. The normalized spacial score (nSPS) is 12.7. The topological polar surface area (TPSA) is 101 Å². The third-order valence-corrected chi connectivity index (χ3v) is 6.74. The number of nitrogens with one attached hydrogen (secondary N) is 2. The number of thiophene rings is 1. The zero-order valence-corrected chi connectivity index (χ0v) is 15.7. The van der Waals surface area contributed by atoms with Crippen molar-refractivity contribution in [3.63, 3.8) is 0 Å². The molecule has 0 amide bonds. The fourth-order valence-electron chi connectivity index (χ4n) is 2.35. The molecule has 0 saturated heterocycles. The summed E-state index contributed by atoms with van der Waals surface area (Å²) in [5.74, 6) is 0.708. The van der Waals surface area contributed by atoms with Crippen LogP contribution < -0.4 is 15.0 Å². The minimum atomic E-state index is -3.68. The van der Waals surface area contributed by atoms with Crippen LogP contribution in [0.3, 0.4) is 0 Å². The molecule has 2 aromatic heterocycles. The largest absolute Gasteiger partial charge is 0.497 e. The van der Waals surface area contributed by atoms with E-state index in [4.69, 9.17) is 4.74 Å².